The zero-order valence-electron chi connectivity index (χ0n) is 10.3. The molecule has 1 rings (SSSR count). The topological polar surface area (TPSA) is 49.8 Å². The van der Waals surface area contributed by atoms with Gasteiger partial charge in [-0.15, -0.1) is 0 Å². The minimum Gasteiger partial charge on any atom is -0.453 e. The number of carbonyl (C=O) groups excluding carboxylic acids is 1. The fourth-order valence-corrected chi connectivity index (χ4v) is 2.37. The summed E-state index contributed by atoms with van der Waals surface area (Å²) < 4.78 is 4.77. The molecule has 1 fully saturated rings. The van der Waals surface area contributed by atoms with E-state index in [0.29, 0.717) is 6.42 Å². The van der Waals surface area contributed by atoms with Crippen LogP contribution in [0.2, 0.25) is 0 Å². The van der Waals surface area contributed by atoms with Crippen LogP contribution in [0.25, 0.3) is 0 Å². The van der Waals surface area contributed by atoms with Crippen molar-refractivity contribution in [1.82, 2.24) is 4.90 Å². The third kappa shape index (κ3) is 3.67. The molecule has 0 aliphatic carbocycles. The summed E-state index contributed by atoms with van der Waals surface area (Å²) in [5.41, 5.74) is 0. The van der Waals surface area contributed by atoms with Crippen LogP contribution < -0.4 is 0 Å². The predicted molar refractivity (Wildman–Crippen MR) is 62.3 cm³/mol. The highest BCUT2D eigenvalue weighted by atomic mass is 16.5. The number of ether oxygens (including phenoxy) is 1. The van der Waals surface area contributed by atoms with Crippen molar-refractivity contribution < 1.29 is 14.6 Å². The Bertz CT molecular complexity index is 220. The summed E-state index contributed by atoms with van der Waals surface area (Å²) >= 11 is 0. The Balaban J connectivity index is 2.49. The fourth-order valence-electron chi connectivity index (χ4n) is 2.37. The summed E-state index contributed by atoms with van der Waals surface area (Å²) in [5.74, 6) is 0. The molecule has 94 valence electrons. The smallest absolute Gasteiger partial charge is 0.409 e. The average molecular weight is 229 g/mol. The van der Waals surface area contributed by atoms with E-state index in [4.69, 9.17) is 4.74 Å². The third-order valence-electron chi connectivity index (χ3n) is 3.20. The van der Waals surface area contributed by atoms with Crippen LogP contribution in [0.15, 0.2) is 0 Å². The highest BCUT2D eigenvalue weighted by Gasteiger charge is 2.28. The van der Waals surface area contributed by atoms with E-state index in [9.17, 15) is 9.90 Å². The number of hydrogen-bond donors (Lipinski definition) is 1. The lowest BCUT2D eigenvalue weighted by molar-refractivity contribution is 0.0599. The van der Waals surface area contributed by atoms with Crippen LogP contribution in [-0.4, -0.2) is 41.9 Å². The van der Waals surface area contributed by atoms with Crippen molar-refractivity contribution >= 4 is 6.09 Å². The number of aliphatic hydroxyl groups excluding tert-OH is 1. The number of aliphatic hydroxyl groups is 1. The van der Waals surface area contributed by atoms with Crippen LogP contribution in [0.1, 0.15) is 45.4 Å². The molecule has 0 aromatic carbocycles. The monoisotopic (exact) mass is 229 g/mol. The molecule has 0 spiro atoms. The molecule has 1 heterocycles. The zero-order valence-corrected chi connectivity index (χ0v) is 10.3. The van der Waals surface area contributed by atoms with E-state index in [1.165, 1.54) is 7.11 Å². The van der Waals surface area contributed by atoms with Gasteiger partial charge in [-0.2, -0.15) is 0 Å². The highest BCUT2D eigenvalue weighted by molar-refractivity contribution is 5.67. The molecule has 1 N–H and O–H groups in total. The Morgan fingerprint density at radius 2 is 2.31 bits per heavy atom. The van der Waals surface area contributed by atoms with Gasteiger partial charge < -0.3 is 14.7 Å². The van der Waals surface area contributed by atoms with Crippen molar-refractivity contribution in [1.29, 1.82) is 0 Å². The van der Waals surface area contributed by atoms with Gasteiger partial charge >= 0.3 is 6.09 Å². The number of nitrogens with zero attached hydrogens (tertiary/aromatic N) is 1. The quantitative estimate of drug-likeness (QED) is 0.803. The summed E-state index contributed by atoms with van der Waals surface area (Å²) in [6.07, 6.45) is 5.08. The molecule has 0 radical (unpaired) electrons. The molecule has 1 saturated heterocycles. The molecule has 4 nitrogen and oxygen atoms in total. The lowest BCUT2D eigenvalue weighted by Gasteiger charge is -2.35. The minimum absolute atomic E-state index is 0.155. The van der Waals surface area contributed by atoms with Gasteiger partial charge in [0.2, 0.25) is 0 Å². The van der Waals surface area contributed by atoms with E-state index < -0.39 is 0 Å². The van der Waals surface area contributed by atoms with E-state index in [-0.39, 0.29) is 18.2 Å². The summed E-state index contributed by atoms with van der Waals surface area (Å²) in [7, 11) is 1.41. The molecule has 1 amide bonds. The predicted octanol–water partition coefficient (Wildman–Crippen LogP) is 2.16. The van der Waals surface area contributed by atoms with Crippen LogP contribution in [0.5, 0.6) is 0 Å². The molecule has 0 saturated carbocycles. The summed E-state index contributed by atoms with van der Waals surface area (Å²) in [5, 5.41) is 9.79. The Hall–Kier alpha value is -0.770. The fraction of sp³-hybridized carbons (Fsp3) is 0.917. The number of rotatable bonds is 4. The van der Waals surface area contributed by atoms with Crippen molar-refractivity contribution in [3.8, 4) is 0 Å². The first-order valence-electron chi connectivity index (χ1n) is 6.21. The average Bonchev–Trinajstić information content (AvgIpc) is 2.29. The van der Waals surface area contributed by atoms with E-state index in [1.807, 2.05) is 0 Å². The summed E-state index contributed by atoms with van der Waals surface area (Å²) in [6.45, 7) is 2.82. The van der Waals surface area contributed by atoms with E-state index in [1.54, 1.807) is 4.90 Å². The maximum atomic E-state index is 11.5. The van der Waals surface area contributed by atoms with Gasteiger partial charge in [-0.1, -0.05) is 13.3 Å². The number of likely N-dealkylation sites (tertiary alicyclic amines) is 1. The number of methoxy groups -OCH3 is 1. The Kier molecular flexibility index (Phi) is 5.60. The van der Waals surface area contributed by atoms with E-state index in [0.717, 1.165) is 38.6 Å². The van der Waals surface area contributed by atoms with E-state index in [2.05, 4.69) is 6.92 Å². The first kappa shape index (κ1) is 13.3. The van der Waals surface area contributed by atoms with Crippen LogP contribution in [0, 0.1) is 0 Å². The van der Waals surface area contributed by atoms with Gasteiger partial charge in [0.1, 0.15) is 0 Å². The lowest BCUT2D eigenvalue weighted by atomic mass is 9.96. The van der Waals surface area contributed by atoms with Crippen LogP contribution >= 0.6 is 0 Å². The van der Waals surface area contributed by atoms with Crippen LogP contribution in [0.3, 0.4) is 0 Å². The molecular formula is C12H23NO3. The normalized spacial score (nSPS) is 22.9. The molecule has 4 heteroatoms. The molecule has 0 aromatic heterocycles. The first-order chi connectivity index (χ1) is 7.69. The second-order valence-electron chi connectivity index (χ2n) is 4.49. The molecule has 0 bridgehead atoms. The van der Waals surface area contributed by atoms with Crippen molar-refractivity contribution in [3.63, 3.8) is 0 Å². The second kappa shape index (κ2) is 6.74. The molecule has 2 atom stereocenters. The Morgan fingerprint density at radius 1 is 1.56 bits per heavy atom. The number of hydrogen-bond acceptors (Lipinski definition) is 3. The maximum absolute atomic E-state index is 11.5. The molecule has 0 aromatic rings. The van der Waals surface area contributed by atoms with Gasteiger partial charge in [-0.25, -0.2) is 4.79 Å². The third-order valence-corrected chi connectivity index (χ3v) is 3.20. The van der Waals surface area contributed by atoms with Crippen molar-refractivity contribution in [2.75, 3.05) is 13.7 Å². The maximum Gasteiger partial charge on any atom is 0.409 e. The molecular weight excluding hydrogens is 206 g/mol. The molecule has 0 unspecified atom stereocenters. The second-order valence-corrected chi connectivity index (χ2v) is 4.49. The van der Waals surface area contributed by atoms with Gasteiger partial charge in [0, 0.05) is 12.6 Å². The van der Waals surface area contributed by atoms with Gasteiger partial charge in [0.25, 0.3) is 0 Å². The van der Waals surface area contributed by atoms with Gasteiger partial charge in [0.05, 0.1) is 13.2 Å². The minimum atomic E-state index is -0.291. The molecule has 16 heavy (non-hydrogen) atoms. The summed E-state index contributed by atoms with van der Waals surface area (Å²) in [6, 6.07) is 0.155. The highest BCUT2D eigenvalue weighted by Crippen LogP contribution is 2.22. The number of carbonyl (C=O) groups is 1. The van der Waals surface area contributed by atoms with Crippen molar-refractivity contribution in [3.05, 3.63) is 0 Å². The lowest BCUT2D eigenvalue weighted by Crippen LogP contribution is -2.45. The first-order valence-corrected chi connectivity index (χ1v) is 6.21. The summed E-state index contributed by atoms with van der Waals surface area (Å²) in [4.78, 5) is 13.3. The van der Waals surface area contributed by atoms with Gasteiger partial charge in [0.15, 0.2) is 0 Å². The Labute approximate surface area is 97.6 Å². The van der Waals surface area contributed by atoms with Crippen LogP contribution in [0.4, 0.5) is 4.79 Å². The largest absolute Gasteiger partial charge is 0.453 e. The molecule has 1 aliphatic heterocycles. The number of amides is 1. The van der Waals surface area contributed by atoms with Crippen LogP contribution in [-0.2, 0) is 4.74 Å². The van der Waals surface area contributed by atoms with Gasteiger partial charge in [-0.3, -0.25) is 0 Å². The van der Waals surface area contributed by atoms with E-state index >= 15 is 0 Å². The standard InChI is InChI=1S/C12H23NO3/c1-3-6-11(14)9-10-7-4-5-8-13(10)12(15)16-2/h10-11,14H,3-9H2,1-2H3/t10-,11+/m0/s1. The van der Waals surface area contributed by atoms with Crippen molar-refractivity contribution in [2.45, 2.75) is 57.6 Å². The zero-order chi connectivity index (χ0) is 12.0. The molecule has 1 aliphatic rings. The van der Waals surface area contributed by atoms with Gasteiger partial charge in [-0.05, 0) is 32.1 Å². The number of piperidine rings is 1. The van der Waals surface area contributed by atoms with Crippen molar-refractivity contribution in [2.24, 2.45) is 0 Å². The Morgan fingerprint density at radius 3 is 2.94 bits per heavy atom. The SMILES string of the molecule is CCC[C@@H](O)C[C@@H]1CCCCN1C(=O)OC.